The minimum absolute atomic E-state index is 0.375. The Morgan fingerprint density at radius 2 is 1.77 bits per heavy atom. The Balaban J connectivity index is 5.17. The molecule has 0 fully saturated rings. The van der Waals surface area contributed by atoms with E-state index in [-0.39, 0.29) is 0 Å². The molecule has 0 radical (unpaired) electrons. The van der Waals surface area contributed by atoms with E-state index in [4.69, 9.17) is 11.6 Å². The first kappa shape index (κ1) is 12.2. The highest BCUT2D eigenvalue weighted by molar-refractivity contribution is 6.32. The molecular formula is C12H17Cl. The van der Waals surface area contributed by atoms with Crippen LogP contribution in [-0.2, 0) is 0 Å². The quantitative estimate of drug-likeness (QED) is 0.583. The number of rotatable bonds is 4. The molecule has 0 aromatic carbocycles. The van der Waals surface area contributed by atoms with Crippen LogP contribution in [-0.4, -0.2) is 0 Å². The van der Waals surface area contributed by atoms with Gasteiger partial charge in [-0.25, -0.2) is 0 Å². The summed E-state index contributed by atoms with van der Waals surface area (Å²) in [6.07, 6.45) is 1.62. The molecule has 0 bridgehead atoms. The highest BCUT2D eigenvalue weighted by atomic mass is 35.5. The highest BCUT2D eigenvalue weighted by Gasteiger charge is 2.10. The first-order valence-corrected chi connectivity index (χ1v) is 4.66. The lowest BCUT2D eigenvalue weighted by molar-refractivity contribution is 0.783. The number of halogens is 1. The molecule has 0 unspecified atom stereocenters. The van der Waals surface area contributed by atoms with E-state index >= 15 is 0 Å². The second-order valence-electron chi connectivity index (χ2n) is 3.39. The molecule has 0 aromatic rings. The molecule has 0 saturated carbocycles. The van der Waals surface area contributed by atoms with Crippen molar-refractivity contribution in [1.29, 1.82) is 0 Å². The van der Waals surface area contributed by atoms with E-state index in [1.807, 2.05) is 6.92 Å². The van der Waals surface area contributed by atoms with Crippen LogP contribution >= 0.6 is 11.6 Å². The van der Waals surface area contributed by atoms with Crippen LogP contribution in [0, 0.1) is 5.92 Å². The Hall–Kier alpha value is -0.750. The van der Waals surface area contributed by atoms with E-state index in [0.717, 1.165) is 16.7 Å². The third-order valence-electron chi connectivity index (χ3n) is 1.86. The fourth-order valence-corrected chi connectivity index (χ4v) is 1.30. The van der Waals surface area contributed by atoms with Gasteiger partial charge in [0, 0.05) is 5.03 Å². The lowest BCUT2D eigenvalue weighted by Crippen LogP contribution is -1.99. The zero-order chi connectivity index (χ0) is 10.6. The maximum atomic E-state index is 6.01. The van der Waals surface area contributed by atoms with Crippen molar-refractivity contribution in [3.05, 3.63) is 47.6 Å². The van der Waals surface area contributed by atoms with Crippen molar-refractivity contribution < 1.29 is 0 Å². The second-order valence-corrected chi connectivity index (χ2v) is 3.79. The van der Waals surface area contributed by atoms with Crippen LogP contribution in [0.5, 0.6) is 0 Å². The van der Waals surface area contributed by atoms with Gasteiger partial charge in [0.25, 0.3) is 0 Å². The van der Waals surface area contributed by atoms with Gasteiger partial charge < -0.3 is 0 Å². The number of allylic oxidation sites excluding steroid dienone is 5. The molecule has 0 atom stereocenters. The maximum Gasteiger partial charge on any atom is 0.0477 e. The molecule has 0 aliphatic carbocycles. The molecule has 13 heavy (non-hydrogen) atoms. The van der Waals surface area contributed by atoms with Gasteiger partial charge in [-0.3, -0.25) is 0 Å². The highest BCUT2D eigenvalue weighted by Crippen LogP contribution is 2.28. The third-order valence-corrected chi connectivity index (χ3v) is 2.21. The average Bonchev–Trinajstić information content (AvgIpc) is 2.03. The van der Waals surface area contributed by atoms with Crippen LogP contribution in [0.3, 0.4) is 0 Å². The lowest BCUT2D eigenvalue weighted by Gasteiger charge is -2.15. The molecule has 0 rings (SSSR count). The van der Waals surface area contributed by atoms with Gasteiger partial charge in [-0.2, -0.15) is 0 Å². The van der Waals surface area contributed by atoms with Gasteiger partial charge >= 0.3 is 0 Å². The van der Waals surface area contributed by atoms with Crippen LogP contribution in [0.15, 0.2) is 47.6 Å². The Bertz CT molecular complexity index is 267. The van der Waals surface area contributed by atoms with Crippen molar-refractivity contribution >= 4 is 11.6 Å². The average molecular weight is 197 g/mol. The van der Waals surface area contributed by atoms with Gasteiger partial charge in [0.2, 0.25) is 0 Å². The molecule has 0 aromatic heterocycles. The summed E-state index contributed by atoms with van der Waals surface area (Å²) in [4.78, 5) is 0. The summed E-state index contributed by atoms with van der Waals surface area (Å²) in [5.41, 5.74) is 2.88. The molecular weight excluding hydrogens is 180 g/mol. The van der Waals surface area contributed by atoms with E-state index in [1.165, 1.54) is 0 Å². The van der Waals surface area contributed by atoms with Crippen molar-refractivity contribution in [2.75, 3.05) is 0 Å². The van der Waals surface area contributed by atoms with Gasteiger partial charge in [-0.05, 0) is 29.6 Å². The zero-order valence-electron chi connectivity index (χ0n) is 8.65. The first-order chi connectivity index (χ1) is 5.91. The van der Waals surface area contributed by atoms with Crippen molar-refractivity contribution in [3.63, 3.8) is 0 Å². The summed E-state index contributed by atoms with van der Waals surface area (Å²) in [5.74, 6) is 0.375. The summed E-state index contributed by atoms with van der Waals surface area (Å²) in [7, 11) is 0. The van der Waals surface area contributed by atoms with Crippen LogP contribution in [0.2, 0.25) is 0 Å². The first-order valence-electron chi connectivity index (χ1n) is 4.29. The van der Waals surface area contributed by atoms with Crippen molar-refractivity contribution in [2.45, 2.75) is 20.8 Å². The van der Waals surface area contributed by atoms with E-state index in [2.05, 4.69) is 33.6 Å². The standard InChI is InChI=1S/C12H17Cl/c1-7-11(13)12(9(4)5)10(6)8(2)3/h7-8H,1,4,6H2,2-3,5H3/b12-11+. The monoisotopic (exact) mass is 196 g/mol. The van der Waals surface area contributed by atoms with Gasteiger partial charge in [-0.1, -0.05) is 51.3 Å². The molecule has 0 aliphatic rings. The summed E-state index contributed by atoms with van der Waals surface area (Å²) in [5, 5.41) is 0.631. The van der Waals surface area contributed by atoms with E-state index in [9.17, 15) is 0 Å². The van der Waals surface area contributed by atoms with Crippen LogP contribution in [0.1, 0.15) is 20.8 Å². The maximum absolute atomic E-state index is 6.01. The molecule has 0 spiro atoms. The Morgan fingerprint density at radius 1 is 1.31 bits per heavy atom. The summed E-state index contributed by atoms with van der Waals surface area (Å²) in [6, 6.07) is 0. The van der Waals surface area contributed by atoms with Crippen molar-refractivity contribution in [2.24, 2.45) is 5.92 Å². The predicted molar refractivity (Wildman–Crippen MR) is 61.9 cm³/mol. The Kier molecular flexibility index (Phi) is 4.79. The van der Waals surface area contributed by atoms with E-state index in [0.29, 0.717) is 11.0 Å². The smallest absolute Gasteiger partial charge is 0.0477 e. The minimum Gasteiger partial charge on any atom is -0.0976 e. The van der Waals surface area contributed by atoms with Crippen LogP contribution in [0.25, 0.3) is 0 Å². The Labute approximate surface area is 86.3 Å². The van der Waals surface area contributed by atoms with Crippen molar-refractivity contribution in [1.82, 2.24) is 0 Å². The van der Waals surface area contributed by atoms with Gasteiger partial charge in [-0.15, -0.1) is 0 Å². The molecule has 1 heteroatoms. The zero-order valence-corrected chi connectivity index (χ0v) is 9.41. The summed E-state index contributed by atoms with van der Waals surface area (Å²) < 4.78 is 0. The van der Waals surface area contributed by atoms with E-state index in [1.54, 1.807) is 6.08 Å². The van der Waals surface area contributed by atoms with Crippen molar-refractivity contribution in [3.8, 4) is 0 Å². The van der Waals surface area contributed by atoms with Gasteiger partial charge in [0.1, 0.15) is 0 Å². The second kappa shape index (κ2) is 5.08. The largest absolute Gasteiger partial charge is 0.0976 e. The predicted octanol–water partition coefficient (Wildman–Crippen LogP) is 4.45. The molecule has 0 amide bonds. The fourth-order valence-electron chi connectivity index (χ4n) is 1.02. The number of hydrogen-bond acceptors (Lipinski definition) is 0. The van der Waals surface area contributed by atoms with E-state index < -0.39 is 0 Å². The summed E-state index contributed by atoms with van der Waals surface area (Å²) >= 11 is 6.01. The summed E-state index contributed by atoms with van der Waals surface area (Å²) in [6.45, 7) is 17.6. The fraction of sp³-hybridized carbons (Fsp3) is 0.333. The van der Waals surface area contributed by atoms with Crippen LogP contribution in [0.4, 0.5) is 0 Å². The van der Waals surface area contributed by atoms with Gasteiger partial charge in [0.05, 0.1) is 0 Å². The SMILES string of the molecule is C=C/C(Cl)=C(/C(=C)C)C(=C)C(C)C. The lowest BCUT2D eigenvalue weighted by atomic mass is 9.92. The Morgan fingerprint density at radius 3 is 2.00 bits per heavy atom. The molecule has 0 aliphatic heterocycles. The molecule has 72 valence electrons. The topological polar surface area (TPSA) is 0 Å². The number of hydrogen-bond donors (Lipinski definition) is 0. The normalized spacial score (nSPS) is 12.4. The molecule has 0 heterocycles. The third kappa shape index (κ3) is 3.23. The molecule has 0 nitrogen and oxygen atoms in total. The molecule has 0 N–H and O–H groups in total. The minimum atomic E-state index is 0.375. The van der Waals surface area contributed by atoms with Crippen LogP contribution < -0.4 is 0 Å². The van der Waals surface area contributed by atoms with Gasteiger partial charge in [0.15, 0.2) is 0 Å². The molecule has 0 saturated heterocycles.